The van der Waals surface area contributed by atoms with E-state index >= 15 is 0 Å². The Hall–Kier alpha value is -1.68. The van der Waals surface area contributed by atoms with Gasteiger partial charge in [-0.25, -0.2) is 13.2 Å². The number of carbonyl (C=O) groups is 2. The molecule has 2 atom stereocenters. The monoisotopic (exact) mass is 458 g/mol. The number of morpholine rings is 1. The van der Waals surface area contributed by atoms with Gasteiger partial charge < -0.3 is 14.8 Å². The molecule has 2 fully saturated rings. The van der Waals surface area contributed by atoms with Crippen LogP contribution in [0, 0.1) is 0 Å². The summed E-state index contributed by atoms with van der Waals surface area (Å²) in [5, 5.41) is 2.80. The van der Waals surface area contributed by atoms with Crippen molar-refractivity contribution >= 4 is 33.5 Å². The Morgan fingerprint density at radius 3 is 2.37 bits per heavy atom. The minimum Gasteiger partial charge on any atom is -0.467 e. The van der Waals surface area contributed by atoms with Gasteiger partial charge in [0.05, 0.1) is 24.3 Å². The predicted octanol–water partition coefficient (Wildman–Crippen LogP) is 2.35. The van der Waals surface area contributed by atoms with Crippen molar-refractivity contribution in [1.82, 2.24) is 9.62 Å². The molecule has 0 spiro atoms. The van der Waals surface area contributed by atoms with Gasteiger partial charge in [0.25, 0.3) is 5.91 Å². The zero-order chi connectivity index (χ0) is 22.1. The van der Waals surface area contributed by atoms with Gasteiger partial charge >= 0.3 is 5.97 Å². The molecule has 2 unspecified atom stereocenters. The number of nitrogens with zero attached hydrogens (tertiary/aromatic N) is 1. The molecule has 0 bridgehead atoms. The third kappa shape index (κ3) is 4.49. The van der Waals surface area contributed by atoms with E-state index in [-0.39, 0.29) is 40.8 Å². The van der Waals surface area contributed by atoms with Crippen LogP contribution < -0.4 is 5.32 Å². The molecular weight excluding hydrogens is 432 g/mol. The topological polar surface area (TPSA) is 102 Å². The lowest BCUT2D eigenvalue weighted by atomic mass is 9.97. The number of benzene rings is 1. The first kappa shape index (κ1) is 23.0. The van der Waals surface area contributed by atoms with E-state index in [9.17, 15) is 18.0 Å². The van der Waals surface area contributed by atoms with Crippen LogP contribution in [0.3, 0.4) is 0 Å². The summed E-state index contributed by atoms with van der Waals surface area (Å²) in [4.78, 5) is 25.0. The molecule has 1 aromatic carbocycles. The number of methoxy groups -OCH3 is 1. The van der Waals surface area contributed by atoms with Crippen LogP contribution in [0.2, 0.25) is 5.02 Å². The molecule has 1 aromatic rings. The van der Waals surface area contributed by atoms with Gasteiger partial charge in [0.15, 0.2) is 0 Å². The van der Waals surface area contributed by atoms with Gasteiger partial charge in [0, 0.05) is 18.7 Å². The van der Waals surface area contributed by atoms with Gasteiger partial charge in [-0.15, -0.1) is 0 Å². The number of hydrogen-bond acceptors (Lipinski definition) is 6. The number of rotatable bonds is 5. The fourth-order valence-corrected chi connectivity index (χ4v) is 6.24. The Bertz CT molecular complexity index is 919. The maximum atomic E-state index is 13.2. The molecule has 30 heavy (non-hydrogen) atoms. The van der Waals surface area contributed by atoms with Crippen LogP contribution in [0.1, 0.15) is 49.9 Å². The third-order valence-corrected chi connectivity index (χ3v) is 7.90. The van der Waals surface area contributed by atoms with Crippen LogP contribution in [-0.4, -0.2) is 62.5 Å². The van der Waals surface area contributed by atoms with Gasteiger partial charge in [-0.3, -0.25) is 4.79 Å². The second kappa shape index (κ2) is 8.82. The molecule has 1 saturated heterocycles. The van der Waals surface area contributed by atoms with Crippen LogP contribution in [-0.2, 0) is 24.3 Å². The molecule has 10 heteroatoms. The number of sulfonamides is 1. The Balaban J connectivity index is 1.89. The van der Waals surface area contributed by atoms with Crippen LogP contribution in [0.25, 0.3) is 0 Å². The molecule has 1 N–H and O–H groups in total. The normalized spacial score (nSPS) is 24.4. The molecule has 3 rings (SSSR count). The van der Waals surface area contributed by atoms with E-state index in [1.165, 1.54) is 29.6 Å². The van der Waals surface area contributed by atoms with Crippen molar-refractivity contribution in [2.24, 2.45) is 0 Å². The van der Waals surface area contributed by atoms with Crippen LogP contribution in [0.15, 0.2) is 23.1 Å². The predicted molar refractivity (Wildman–Crippen MR) is 111 cm³/mol. The quantitative estimate of drug-likeness (QED) is 0.679. The van der Waals surface area contributed by atoms with Gasteiger partial charge in [0.1, 0.15) is 10.4 Å². The molecule has 1 saturated carbocycles. The van der Waals surface area contributed by atoms with Crippen LogP contribution >= 0.6 is 11.6 Å². The van der Waals surface area contributed by atoms with E-state index in [4.69, 9.17) is 21.1 Å². The SMILES string of the molecule is COC(=O)C1(NC(=O)c2ccc(Cl)c(S(=O)(=O)N3CC(C)OC(C)C3)c2)CCCC1. The van der Waals surface area contributed by atoms with Crippen molar-refractivity contribution < 1.29 is 27.5 Å². The van der Waals surface area contributed by atoms with E-state index in [1.54, 1.807) is 13.8 Å². The Labute approximate surface area is 181 Å². The first-order valence-corrected chi connectivity index (χ1v) is 11.8. The number of amides is 1. The van der Waals surface area contributed by atoms with E-state index in [0.717, 1.165) is 12.8 Å². The number of halogens is 1. The summed E-state index contributed by atoms with van der Waals surface area (Å²) in [5.74, 6) is -1.04. The molecule has 1 amide bonds. The highest BCUT2D eigenvalue weighted by atomic mass is 35.5. The first-order chi connectivity index (χ1) is 14.1. The highest BCUT2D eigenvalue weighted by molar-refractivity contribution is 7.89. The van der Waals surface area contributed by atoms with Gasteiger partial charge in [-0.1, -0.05) is 24.4 Å². The number of nitrogens with one attached hydrogen (secondary N) is 1. The highest BCUT2D eigenvalue weighted by Gasteiger charge is 2.44. The lowest BCUT2D eigenvalue weighted by Gasteiger charge is -2.34. The molecule has 1 aliphatic heterocycles. The van der Waals surface area contributed by atoms with Gasteiger partial charge in [-0.2, -0.15) is 4.31 Å². The molecule has 8 nitrogen and oxygen atoms in total. The standard InChI is InChI=1S/C20H27ClN2O6S/c1-13-11-23(12-14(2)29-13)30(26,27)17-10-15(6-7-16(17)21)18(24)22-20(19(25)28-3)8-4-5-9-20/h6-7,10,13-14H,4-5,8-9,11-12H2,1-3H3,(H,22,24). The van der Waals surface area contributed by atoms with Gasteiger partial charge in [-0.05, 0) is 44.9 Å². The largest absolute Gasteiger partial charge is 0.467 e. The summed E-state index contributed by atoms with van der Waals surface area (Å²) in [6, 6.07) is 4.09. The molecule has 0 radical (unpaired) electrons. The summed E-state index contributed by atoms with van der Waals surface area (Å²) >= 11 is 6.21. The molecule has 2 aliphatic rings. The Morgan fingerprint density at radius 1 is 1.20 bits per heavy atom. The fourth-order valence-electron chi connectivity index (χ4n) is 4.15. The summed E-state index contributed by atoms with van der Waals surface area (Å²) in [7, 11) is -2.64. The summed E-state index contributed by atoms with van der Waals surface area (Å²) in [6.07, 6.45) is 2.04. The smallest absolute Gasteiger partial charge is 0.331 e. The van der Waals surface area contributed by atoms with Crippen molar-refractivity contribution in [3.8, 4) is 0 Å². The molecule has 1 heterocycles. The Morgan fingerprint density at radius 2 is 1.80 bits per heavy atom. The van der Waals surface area contributed by atoms with Crippen molar-refractivity contribution in [3.05, 3.63) is 28.8 Å². The van der Waals surface area contributed by atoms with Crippen molar-refractivity contribution in [1.29, 1.82) is 0 Å². The zero-order valence-corrected chi connectivity index (χ0v) is 18.9. The second-order valence-corrected chi connectivity index (χ2v) is 10.3. The number of carbonyl (C=O) groups excluding carboxylic acids is 2. The average Bonchev–Trinajstić information content (AvgIpc) is 3.16. The average molecular weight is 459 g/mol. The van der Waals surface area contributed by atoms with Crippen molar-refractivity contribution in [2.75, 3.05) is 20.2 Å². The van der Waals surface area contributed by atoms with Gasteiger partial charge in [0.2, 0.25) is 10.0 Å². The maximum absolute atomic E-state index is 13.2. The number of esters is 1. The molecule has 166 valence electrons. The van der Waals surface area contributed by atoms with E-state index in [2.05, 4.69) is 5.32 Å². The number of ether oxygens (including phenoxy) is 2. The summed E-state index contributed by atoms with van der Waals surface area (Å²) in [6.45, 7) is 4.00. The molecular formula is C20H27ClN2O6S. The molecule has 0 aromatic heterocycles. The summed E-state index contributed by atoms with van der Waals surface area (Å²) in [5.41, 5.74) is -0.970. The minimum atomic E-state index is -3.93. The zero-order valence-electron chi connectivity index (χ0n) is 17.3. The van der Waals surface area contributed by atoms with Crippen molar-refractivity contribution in [2.45, 2.75) is 62.2 Å². The lowest BCUT2D eigenvalue weighted by Crippen LogP contribution is -2.53. The van der Waals surface area contributed by atoms with Crippen LogP contribution in [0.4, 0.5) is 0 Å². The number of hydrogen-bond donors (Lipinski definition) is 1. The fraction of sp³-hybridized carbons (Fsp3) is 0.600. The minimum absolute atomic E-state index is 0.0295. The summed E-state index contributed by atoms with van der Waals surface area (Å²) < 4.78 is 38.2. The molecule has 1 aliphatic carbocycles. The van der Waals surface area contributed by atoms with E-state index in [0.29, 0.717) is 12.8 Å². The first-order valence-electron chi connectivity index (χ1n) is 9.95. The maximum Gasteiger partial charge on any atom is 0.331 e. The lowest BCUT2D eigenvalue weighted by molar-refractivity contribution is -0.148. The van der Waals surface area contributed by atoms with E-state index < -0.39 is 27.4 Å². The highest BCUT2D eigenvalue weighted by Crippen LogP contribution is 2.32. The van der Waals surface area contributed by atoms with Crippen LogP contribution in [0.5, 0.6) is 0 Å². The van der Waals surface area contributed by atoms with Crippen molar-refractivity contribution in [3.63, 3.8) is 0 Å². The Kier molecular flexibility index (Phi) is 6.76. The third-order valence-electron chi connectivity index (χ3n) is 5.58. The van der Waals surface area contributed by atoms with E-state index in [1.807, 2.05) is 0 Å². The second-order valence-electron chi connectivity index (χ2n) is 7.96.